The number of aliphatic carboxylic acids is 1. The molecular weight excluding hydrogens is 286 g/mol. The fourth-order valence-corrected chi connectivity index (χ4v) is 2.14. The van der Waals surface area contributed by atoms with Crippen LogP contribution in [-0.2, 0) is 9.59 Å². The Hall–Kier alpha value is -1.36. The van der Waals surface area contributed by atoms with E-state index < -0.39 is 17.8 Å². The molecule has 1 aromatic rings. The lowest BCUT2D eigenvalue weighted by molar-refractivity contribution is -0.144. The van der Waals surface area contributed by atoms with Crippen LogP contribution in [0.25, 0.3) is 0 Å². The summed E-state index contributed by atoms with van der Waals surface area (Å²) in [5.41, 5.74) is 2.46. The van der Waals surface area contributed by atoms with Crippen LogP contribution in [0.4, 0.5) is 5.69 Å². The van der Waals surface area contributed by atoms with Crippen molar-refractivity contribution in [2.45, 2.75) is 20.8 Å². The molecule has 1 aromatic carbocycles. The standard InChI is InChI=1S/C12H14BrNO3/c1-6-4-9(13)5-7(2)10(6)14-11(15)8(3)12(16)17/h4-5,8H,1-3H3,(H,14,15)(H,16,17). The summed E-state index contributed by atoms with van der Waals surface area (Å²) in [6, 6.07) is 3.74. The summed E-state index contributed by atoms with van der Waals surface area (Å²) in [4.78, 5) is 22.3. The first-order chi connectivity index (χ1) is 7.82. The van der Waals surface area contributed by atoms with E-state index in [2.05, 4.69) is 21.2 Å². The fourth-order valence-electron chi connectivity index (χ4n) is 1.45. The summed E-state index contributed by atoms with van der Waals surface area (Å²) in [5, 5.41) is 11.4. The summed E-state index contributed by atoms with van der Waals surface area (Å²) in [7, 11) is 0. The van der Waals surface area contributed by atoms with Crippen molar-refractivity contribution in [2.24, 2.45) is 5.92 Å². The van der Waals surface area contributed by atoms with E-state index in [1.807, 2.05) is 26.0 Å². The minimum atomic E-state index is -1.13. The van der Waals surface area contributed by atoms with E-state index in [1.165, 1.54) is 6.92 Å². The molecule has 0 heterocycles. The number of hydrogen-bond donors (Lipinski definition) is 2. The number of benzene rings is 1. The van der Waals surface area contributed by atoms with E-state index >= 15 is 0 Å². The van der Waals surface area contributed by atoms with E-state index in [0.29, 0.717) is 5.69 Å². The van der Waals surface area contributed by atoms with Crippen LogP contribution in [0.2, 0.25) is 0 Å². The lowest BCUT2D eigenvalue weighted by atomic mass is 10.1. The molecule has 1 unspecified atom stereocenters. The third-order valence-electron chi connectivity index (χ3n) is 2.51. The minimum Gasteiger partial charge on any atom is -0.481 e. The number of carbonyl (C=O) groups excluding carboxylic acids is 1. The van der Waals surface area contributed by atoms with Crippen molar-refractivity contribution in [1.29, 1.82) is 0 Å². The first-order valence-electron chi connectivity index (χ1n) is 5.13. The van der Waals surface area contributed by atoms with Crippen molar-refractivity contribution < 1.29 is 14.7 Å². The number of carbonyl (C=O) groups is 2. The molecule has 2 N–H and O–H groups in total. The number of anilines is 1. The number of carboxylic acids is 1. The zero-order chi connectivity index (χ0) is 13.2. The number of aryl methyl sites for hydroxylation is 2. The van der Waals surface area contributed by atoms with Crippen LogP contribution in [0.5, 0.6) is 0 Å². The molecule has 4 nitrogen and oxygen atoms in total. The highest BCUT2D eigenvalue weighted by molar-refractivity contribution is 9.10. The maximum atomic E-state index is 11.6. The molecule has 0 aliphatic heterocycles. The highest BCUT2D eigenvalue weighted by atomic mass is 79.9. The van der Waals surface area contributed by atoms with Gasteiger partial charge in [0.05, 0.1) is 0 Å². The summed E-state index contributed by atoms with van der Waals surface area (Å²) in [6.07, 6.45) is 0. The predicted octanol–water partition coefficient (Wildman–Crippen LogP) is 2.73. The average Bonchev–Trinajstić information content (AvgIpc) is 2.21. The van der Waals surface area contributed by atoms with Gasteiger partial charge in [0.1, 0.15) is 5.92 Å². The van der Waals surface area contributed by atoms with Crippen LogP contribution in [-0.4, -0.2) is 17.0 Å². The third-order valence-corrected chi connectivity index (χ3v) is 2.97. The molecule has 0 spiro atoms. The van der Waals surface area contributed by atoms with Crippen molar-refractivity contribution in [3.05, 3.63) is 27.7 Å². The second kappa shape index (κ2) is 5.31. The van der Waals surface area contributed by atoms with Gasteiger partial charge in [0.15, 0.2) is 0 Å². The number of halogens is 1. The molecule has 0 saturated heterocycles. The first-order valence-corrected chi connectivity index (χ1v) is 5.92. The minimum absolute atomic E-state index is 0.508. The molecule has 1 amide bonds. The largest absolute Gasteiger partial charge is 0.481 e. The van der Waals surface area contributed by atoms with Gasteiger partial charge >= 0.3 is 5.97 Å². The topological polar surface area (TPSA) is 66.4 Å². The van der Waals surface area contributed by atoms with Crippen LogP contribution in [0.3, 0.4) is 0 Å². The highest BCUT2D eigenvalue weighted by Gasteiger charge is 2.21. The Kier molecular flexibility index (Phi) is 4.28. The van der Waals surface area contributed by atoms with Crippen molar-refractivity contribution in [3.63, 3.8) is 0 Å². The van der Waals surface area contributed by atoms with Gasteiger partial charge in [0.25, 0.3) is 0 Å². The molecule has 0 aromatic heterocycles. The van der Waals surface area contributed by atoms with Crippen LogP contribution in [0.15, 0.2) is 16.6 Å². The molecule has 0 aliphatic carbocycles. The second-order valence-electron chi connectivity index (χ2n) is 3.96. The van der Waals surface area contributed by atoms with E-state index in [0.717, 1.165) is 15.6 Å². The van der Waals surface area contributed by atoms with Crippen molar-refractivity contribution in [1.82, 2.24) is 0 Å². The molecule has 17 heavy (non-hydrogen) atoms. The number of hydrogen-bond acceptors (Lipinski definition) is 2. The monoisotopic (exact) mass is 299 g/mol. The number of carboxylic acid groups (broad SMARTS) is 1. The van der Waals surface area contributed by atoms with Crippen molar-refractivity contribution >= 4 is 33.5 Å². The lowest BCUT2D eigenvalue weighted by Crippen LogP contribution is -2.27. The Morgan fingerprint density at radius 3 is 2.18 bits per heavy atom. The van der Waals surface area contributed by atoms with Gasteiger partial charge in [-0.05, 0) is 44.0 Å². The molecule has 0 saturated carbocycles. The Morgan fingerprint density at radius 1 is 1.29 bits per heavy atom. The highest BCUT2D eigenvalue weighted by Crippen LogP contribution is 2.25. The van der Waals surface area contributed by atoms with Gasteiger partial charge in [0.2, 0.25) is 5.91 Å². The van der Waals surface area contributed by atoms with Crippen LogP contribution >= 0.6 is 15.9 Å². The molecule has 0 aliphatic rings. The Balaban J connectivity index is 2.96. The summed E-state index contributed by atoms with van der Waals surface area (Å²) in [6.45, 7) is 5.08. The van der Waals surface area contributed by atoms with Gasteiger partial charge in [-0.3, -0.25) is 9.59 Å². The number of amides is 1. The van der Waals surface area contributed by atoms with Crippen LogP contribution in [0.1, 0.15) is 18.1 Å². The Labute approximate surface area is 108 Å². The average molecular weight is 300 g/mol. The van der Waals surface area contributed by atoms with E-state index in [9.17, 15) is 9.59 Å². The maximum absolute atomic E-state index is 11.6. The van der Waals surface area contributed by atoms with Gasteiger partial charge in [0, 0.05) is 10.2 Å². The van der Waals surface area contributed by atoms with E-state index in [-0.39, 0.29) is 0 Å². The summed E-state index contributed by atoms with van der Waals surface area (Å²) in [5.74, 6) is -2.70. The smallest absolute Gasteiger partial charge is 0.315 e. The van der Waals surface area contributed by atoms with Crippen molar-refractivity contribution in [2.75, 3.05) is 5.32 Å². The molecule has 5 heteroatoms. The van der Waals surface area contributed by atoms with Gasteiger partial charge in [-0.2, -0.15) is 0 Å². The van der Waals surface area contributed by atoms with Crippen LogP contribution in [0, 0.1) is 19.8 Å². The van der Waals surface area contributed by atoms with Gasteiger partial charge in [-0.25, -0.2) is 0 Å². The zero-order valence-corrected chi connectivity index (χ0v) is 11.5. The number of rotatable bonds is 3. The van der Waals surface area contributed by atoms with Crippen LogP contribution < -0.4 is 5.32 Å². The lowest BCUT2D eigenvalue weighted by Gasteiger charge is -2.14. The molecule has 0 radical (unpaired) electrons. The maximum Gasteiger partial charge on any atom is 0.315 e. The van der Waals surface area contributed by atoms with Crippen molar-refractivity contribution in [3.8, 4) is 0 Å². The Bertz CT molecular complexity index is 448. The fraction of sp³-hybridized carbons (Fsp3) is 0.333. The molecule has 92 valence electrons. The summed E-state index contributed by atoms with van der Waals surface area (Å²) >= 11 is 3.36. The first kappa shape index (κ1) is 13.7. The third kappa shape index (κ3) is 3.30. The molecular formula is C12H14BrNO3. The molecule has 0 bridgehead atoms. The predicted molar refractivity (Wildman–Crippen MR) is 69.0 cm³/mol. The molecule has 0 fully saturated rings. The molecule has 1 rings (SSSR count). The quantitative estimate of drug-likeness (QED) is 0.843. The zero-order valence-electron chi connectivity index (χ0n) is 9.87. The molecule has 1 atom stereocenters. The van der Waals surface area contributed by atoms with Gasteiger partial charge < -0.3 is 10.4 Å². The normalized spacial score (nSPS) is 12.0. The second-order valence-corrected chi connectivity index (χ2v) is 4.88. The number of nitrogens with one attached hydrogen (secondary N) is 1. The van der Waals surface area contributed by atoms with Gasteiger partial charge in [-0.1, -0.05) is 15.9 Å². The Morgan fingerprint density at radius 2 is 1.76 bits per heavy atom. The SMILES string of the molecule is Cc1cc(Br)cc(C)c1NC(=O)C(C)C(=O)O. The van der Waals surface area contributed by atoms with E-state index in [1.54, 1.807) is 0 Å². The van der Waals surface area contributed by atoms with Gasteiger partial charge in [-0.15, -0.1) is 0 Å². The van der Waals surface area contributed by atoms with E-state index in [4.69, 9.17) is 5.11 Å². The summed E-state index contributed by atoms with van der Waals surface area (Å²) < 4.78 is 0.928.